The van der Waals surface area contributed by atoms with Crippen LogP contribution in [0.3, 0.4) is 0 Å². The smallest absolute Gasteiger partial charge is 0.0367 e. The molecule has 1 N–H and O–H groups in total. The predicted molar refractivity (Wildman–Crippen MR) is 93.4 cm³/mol. The second-order valence-electron chi connectivity index (χ2n) is 5.96. The maximum Gasteiger partial charge on any atom is 0.0367 e. The first kappa shape index (κ1) is 14.6. The Morgan fingerprint density at radius 3 is 2.30 bits per heavy atom. The van der Waals surface area contributed by atoms with Crippen LogP contribution in [0.1, 0.15) is 12.8 Å². The molecule has 2 fully saturated rings. The minimum atomic E-state index is 0.918. The van der Waals surface area contributed by atoms with E-state index >= 15 is 0 Å². The third-order valence-electron chi connectivity index (χ3n) is 4.54. The van der Waals surface area contributed by atoms with Gasteiger partial charge in [0, 0.05) is 42.0 Å². The van der Waals surface area contributed by atoms with Gasteiger partial charge in [0.1, 0.15) is 0 Å². The fourth-order valence-electron chi connectivity index (χ4n) is 3.27. The quantitative estimate of drug-likeness (QED) is 0.807. The van der Waals surface area contributed by atoms with Crippen LogP contribution in [-0.4, -0.2) is 50.7 Å². The Bertz CT molecular complexity index is 406. The van der Waals surface area contributed by atoms with E-state index < -0.39 is 0 Å². The Morgan fingerprint density at radius 2 is 1.65 bits per heavy atom. The van der Waals surface area contributed by atoms with E-state index in [4.69, 9.17) is 0 Å². The van der Waals surface area contributed by atoms with E-state index in [-0.39, 0.29) is 0 Å². The summed E-state index contributed by atoms with van der Waals surface area (Å²) >= 11 is 2.37. The monoisotopic (exact) mass is 385 g/mol. The van der Waals surface area contributed by atoms with Crippen molar-refractivity contribution in [2.24, 2.45) is 5.92 Å². The molecule has 0 spiro atoms. The molecule has 1 aromatic rings. The van der Waals surface area contributed by atoms with Crippen LogP contribution in [0.2, 0.25) is 0 Å². The minimum absolute atomic E-state index is 0.918. The zero-order valence-electron chi connectivity index (χ0n) is 12.0. The van der Waals surface area contributed by atoms with E-state index in [1.807, 2.05) is 0 Å². The van der Waals surface area contributed by atoms with E-state index in [0.717, 1.165) is 5.92 Å². The molecule has 110 valence electrons. The summed E-state index contributed by atoms with van der Waals surface area (Å²) in [5.41, 5.74) is 1.38. The first-order valence-corrected chi connectivity index (χ1v) is 8.83. The number of piperazine rings is 1. The lowest BCUT2D eigenvalue weighted by Crippen LogP contribution is -2.48. The number of hydrogen-bond donors (Lipinski definition) is 1. The molecule has 0 aliphatic carbocycles. The van der Waals surface area contributed by atoms with E-state index in [0.29, 0.717) is 0 Å². The van der Waals surface area contributed by atoms with Gasteiger partial charge >= 0.3 is 0 Å². The van der Waals surface area contributed by atoms with Gasteiger partial charge in [-0.3, -0.25) is 4.90 Å². The van der Waals surface area contributed by atoms with E-state index in [9.17, 15) is 0 Å². The van der Waals surface area contributed by atoms with Crippen molar-refractivity contribution < 1.29 is 0 Å². The van der Waals surface area contributed by atoms with Gasteiger partial charge in [-0.15, -0.1) is 0 Å². The molecule has 4 heteroatoms. The van der Waals surface area contributed by atoms with E-state index in [1.165, 1.54) is 67.9 Å². The number of piperidine rings is 1. The highest BCUT2D eigenvalue weighted by Gasteiger charge is 2.21. The zero-order chi connectivity index (χ0) is 13.8. The number of nitrogens with one attached hydrogen (secondary N) is 1. The molecule has 2 heterocycles. The fraction of sp³-hybridized carbons (Fsp3) is 0.625. The predicted octanol–water partition coefficient (Wildman–Crippen LogP) is 2.41. The summed E-state index contributed by atoms with van der Waals surface area (Å²) in [6.45, 7) is 8.52. The lowest BCUT2D eigenvalue weighted by Gasteiger charge is -2.38. The second-order valence-corrected chi connectivity index (χ2v) is 7.20. The summed E-state index contributed by atoms with van der Waals surface area (Å²) in [5, 5.41) is 3.46. The molecular weight excluding hydrogens is 361 g/mol. The standard InChI is InChI=1S/C16H24IN3/c17-15-1-3-16(4-2-15)20-11-9-19(10-12-20)13-14-5-7-18-8-6-14/h1-4,14,18H,5-13H2. The Labute approximate surface area is 135 Å². The van der Waals surface area contributed by atoms with Crippen LogP contribution in [-0.2, 0) is 0 Å². The van der Waals surface area contributed by atoms with Crippen molar-refractivity contribution in [1.29, 1.82) is 0 Å². The molecule has 0 aromatic heterocycles. The normalized spacial score (nSPS) is 22.1. The molecule has 0 saturated carbocycles. The maximum atomic E-state index is 3.46. The molecule has 0 atom stereocenters. The molecule has 2 saturated heterocycles. The van der Waals surface area contributed by atoms with E-state index in [2.05, 4.69) is 62.0 Å². The molecular formula is C16H24IN3. The van der Waals surface area contributed by atoms with Crippen molar-refractivity contribution >= 4 is 28.3 Å². The maximum absolute atomic E-state index is 3.46. The van der Waals surface area contributed by atoms with E-state index in [1.54, 1.807) is 0 Å². The second kappa shape index (κ2) is 7.09. The lowest BCUT2D eigenvalue weighted by molar-refractivity contribution is 0.196. The number of anilines is 1. The van der Waals surface area contributed by atoms with Crippen molar-refractivity contribution in [2.45, 2.75) is 12.8 Å². The molecule has 2 aliphatic rings. The van der Waals surface area contributed by atoms with Crippen LogP contribution in [0.5, 0.6) is 0 Å². The van der Waals surface area contributed by atoms with Crippen molar-refractivity contribution in [2.75, 3.05) is 50.7 Å². The highest BCUT2D eigenvalue weighted by atomic mass is 127. The van der Waals surface area contributed by atoms with Gasteiger partial charge in [-0.25, -0.2) is 0 Å². The Kier molecular flexibility index (Phi) is 5.18. The number of hydrogen-bond acceptors (Lipinski definition) is 3. The number of benzene rings is 1. The average Bonchev–Trinajstić information content (AvgIpc) is 2.50. The highest BCUT2D eigenvalue weighted by molar-refractivity contribution is 14.1. The van der Waals surface area contributed by atoms with Crippen molar-refractivity contribution in [3.63, 3.8) is 0 Å². The molecule has 0 unspecified atom stereocenters. The first-order valence-electron chi connectivity index (χ1n) is 7.75. The van der Waals surface area contributed by atoms with Gasteiger partial charge in [-0.05, 0) is 78.7 Å². The first-order chi connectivity index (χ1) is 9.81. The third-order valence-corrected chi connectivity index (χ3v) is 5.26. The van der Waals surface area contributed by atoms with Gasteiger partial charge in [0.2, 0.25) is 0 Å². The molecule has 3 nitrogen and oxygen atoms in total. The topological polar surface area (TPSA) is 18.5 Å². The number of rotatable bonds is 3. The third kappa shape index (κ3) is 3.86. The lowest BCUT2D eigenvalue weighted by atomic mass is 9.97. The molecule has 0 amide bonds. The van der Waals surface area contributed by atoms with Gasteiger partial charge < -0.3 is 10.2 Å². The summed E-state index contributed by atoms with van der Waals surface area (Å²) in [6.07, 6.45) is 2.72. The van der Waals surface area contributed by atoms with Crippen LogP contribution in [0, 0.1) is 9.49 Å². The molecule has 2 aliphatic heterocycles. The molecule has 20 heavy (non-hydrogen) atoms. The molecule has 3 rings (SSSR count). The highest BCUT2D eigenvalue weighted by Crippen LogP contribution is 2.20. The van der Waals surface area contributed by atoms with Crippen LogP contribution in [0.25, 0.3) is 0 Å². The number of halogens is 1. The average molecular weight is 385 g/mol. The fourth-order valence-corrected chi connectivity index (χ4v) is 3.63. The SMILES string of the molecule is Ic1ccc(N2CCN(CC3CCNCC3)CC2)cc1. The Hall–Kier alpha value is -0.330. The van der Waals surface area contributed by atoms with Crippen LogP contribution in [0.15, 0.2) is 24.3 Å². The Morgan fingerprint density at radius 1 is 1.00 bits per heavy atom. The molecule has 1 aromatic carbocycles. The minimum Gasteiger partial charge on any atom is -0.369 e. The van der Waals surface area contributed by atoms with Crippen molar-refractivity contribution in [1.82, 2.24) is 10.2 Å². The summed E-state index contributed by atoms with van der Waals surface area (Å²) in [5.74, 6) is 0.918. The largest absolute Gasteiger partial charge is 0.369 e. The summed E-state index contributed by atoms with van der Waals surface area (Å²) < 4.78 is 1.32. The summed E-state index contributed by atoms with van der Waals surface area (Å²) in [6, 6.07) is 8.92. The summed E-state index contributed by atoms with van der Waals surface area (Å²) in [4.78, 5) is 5.19. The zero-order valence-corrected chi connectivity index (χ0v) is 14.2. The summed E-state index contributed by atoms with van der Waals surface area (Å²) in [7, 11) is 0. The van der Waals surface area contributed by atoms with Crippen LogP contribution < -0.4 is 10.2 Å². The van der Waals surface area contributed by atoms with Crippen molar-refractivity contribution in [3.05, 3.63) is 27.8 Å². The van der Waals surface area contributed by atoms with Gasteiger partial charge in [0.15, 0.2) is 0 Å². The van der Waals surface area contributed by atoms with Crippen LogP contribution in [0.4, 0.5) is 5.69 Å². The van der Waals surface area contributed by atoms with Crippen molar-refractivity contribution in [3.8, 4) is 0 Å². The van der Waals surface area contributed by atoms with Gasteiger partial charge in [-0.2, -0.15) is 0 Å². The van der Waals surface area contributed by atoms with Gasteiger partial charge in [0.05, 0.1) is 0 Å². The molecule has 0 bridgehead atoms. The van der Waals surface area contributed by atoms with Gasteiger partial charge in [0.25, 0.3) is 0 Å². The van der Waals surface area contributed by atoms with Crippen LogP contribution >= 0.6 is 22.6 Å². The van der Waals surface area contributed by atoms with Gasteiger partial charge in [-0.1, -0.05) is 0 Å². The Balaban J connectivity index is 1.47. The molecule has 0 radical (unpaired) electrons. The number of nitrogens with zero attached hydrogens (tertiary/aromatic N) is 2.